The predicted octanol–water partition coefficient (Wildman–Crippen LogP) is 2.56. The van der Waals surface area contributed by atoms with E-state index in [4.69, 9.17) is 0 Å². The molecule has 1 saturated carbocycles. The highest BCUT2D eigenvalue weighted by Crippen LogP contribution is 2.27. The normalized spacial score (nSPS) is 32.2. The van der Waals surface area contributed by atoms with Gasteiger partial charge in [-0.2, -0.15) is 0 Å². The van der Waals surface area contributed by atoms with Crippen LogP contribution >= 0.6 is 0 Å². The Morgan fingerprint density at radius 1 is 1.27 bits per heavy atom. The second kappa shape index (κ2) is 4.76. The zero-order valence-electron chi connectivity index (χ0n) is 7.90. The zero-order valence-corrected chi connectivity index (χ0v) is 7.90. The summed E-state index contributed by atoms with van der Waals surface area (Å²) in [5, 5.41) is 3.44. The topological polar surface area (TPSA) is 12.0 Å². The Hall–Kier alpha value is -0.0400. The van der Waals surface area contributed by atoms with Gasteiger partial charge in [0.2, 0.25) is 0 Å². The fourth-order valence-electron chi connectivity index (χ4n) is 2.30. The summed E-state index contributed by atoms with van der Waals surface area (Å²) in [6.45, 7) is 2.29. The van der Waals surface area contributed by atoms with Crippen LogP contribution in [-0.4, -0.2) is 13.1 Å². The molecule has 1 rings (SSSR count). The summed E-state index contributed by atoms with van der Waals surface area (Å²) < 4.78 is 0. The average Bonchev–Trinajstić information content (AvgIpc) is 2.06. The Balaban J connectivity index is 2.31. The molecule has 0 heterocycles. The summed E-state index contributed by atoms with van der Waals surface area (Å²) in [5.41, 5.74) is 0. The van der Waals surface area contributed by atoms with Gasteiger partial charge >= 0.3 is 0 Å². The van der Waals surface area contributed by atoms with E-state index in [1.807, 2.05) is 0 Å². The predicted molar refractivity (Wildman–Crippen MR) is 49.7 cm³/mol. The largest absolute Gasteiger partial charge is 0.317 e. The van der Waals surface area contributed by atoms with Crippen LogP contribution in [0.1, 0.15) is 45.4 Å². The Bertz CT molecular complexity index is 99.0. The Morgan fingerprint density at radius 3 is 2.64 bits per heavy atom. The first-order chi connectivity index (χ1) is 5.38. The number of hydrogen-bond acceptors (Lipinski definition) is 1. The van der Waals surface area contributed by atoms with Crippen LogP contribution in [-0.2, 0) is 0 Å². The molecule has 0 aliphatic heterocycles. The third kappa shape index (κ3) is 2.48. The van der Waals surface area contributed by atoms with Gasteiger partial charge in [0.05, 0.1) is 0 Å². The van der Waals surface area contributed by atoms with Crippen molar-refractivity contribution in [2.45, 2.75) is 51.5 Å². The van der Waals surface area contributed by atoms with Gasteiger partial charge in [-0.15, -0.1) is 0 Å². The standard InChI is InChI=1S/C10H21N/c1-3-6-9-7-4-5-8-10(9)11-2/h9-11H,3-8H2,1-2H3. The molecule has 2 atom stereocenters. The average molecular weight is 155 g/mol. The summed E-state index contributed by atoms with van der Waals surface area (Å²) in [7, 11) is 2.11. The second-order valence-electron chi connectivity index (χ2n) is 3.73. The van der Waals surface area contributed by atoms with Crippen molar-refractivity contribution in [3.63, 3.8) is 0 Å². The van der Waals surface area contributed by atoms with E-state index in [1.54, 1.807) is 0 Å². The fourth-order valence-corrected chi connectivity index (χ4v) is 2.30. The highest BCUT2D eigenvalue weighted by atomic mass is 14.9. The molecule has 1 heteroatoms. The molecular formula is C10H21N. The van der Waals surface area contributed by atoms with Crippen molar-refractivity contribution in [1.82, 2.24) is 5.32 Å². The molecule has 1 aliphatic carbocycles. The van der Waals surface area contributed by atoms with Gasteiger partial charge < -0.3 is 5.32 Å². The summed E-state index contributed by atoms with van der Waals surface area (Å²) in [5.74, 6) is 0.971. The van der Waals surface area contributed by atoms with Crippen molar-refractivity contribution < 1.29 is 0 Å². The molecule has 11 heavy (non-hydrogen) atoms. The molecule has 1 N–H and O–H groups in total. The summed E-state index contributed by atoms with van der Waals surface area (Å²) in [6, 6.07) is 0.823. The molecule has 0 saturated heterocycles. The third-order valence-electron chi connectivity index (χ3n) is 2.94. The van der Waals surface area contributed by atoms with E-state index >= 15 is 0 Å². The molecule has 0 aromatic carbocycles. The fraction of sp³-hybridized carbons (Fsp3) is 1.00. The molecule has 0 radical (unpaired) electrons. The Kier molecular flexibility index (Phi) is 3.92. The van der Waals surface area contributed by atoms with Crippen LogP contribution in [0.15, 0.2) is 0 Å². The van der Waals surface area contributed by atoms with Crippen LogP contribution in [0, 0.1) is 5.92 Å². The van der Waals surface area contributed by atoms with E-state index in [-0.39, 0.29) is 0 Å². The van der Waals surface area contributed by atoms with Crippen LogP contribution < -0.4 is 5.32 Å². The van der Waals surface area contributed by atoms with Crippen molar-refractivity contribution in [2.24, 2.45) is 5.92 Å². The first kappa shape index (κ1) is 9.05. The lowest BCUT2D eigenvalue weighted by Gasteiger charge is -2.31. The van der Waals surface area contributed by atoms with Crippen molar-refractivity contribution in [1.29, 1.82) is 0 Å². The molecule has 2 unspecified atom stereocenters. The minimum atomic E-state index is 0.823. The summed E-state index contributed by atoms with van der Waals surface area (Å²) >= 11 is 0. The number of rotatable bonds is 3. The van der Waals surface area contributed by atoms with Gasteiger partial charge in [-0.25, -0.2) is 0 Å². The molecule has 0 aromatic heterocycles. The molecule has 0 spiro atoms. The first-order valence-corrected chi connectivity index (χ1v) is 5.05. The lowest BCUT2D eigenvalue weighted by atomic mass is 9.82. The van der Waals surface area contributed by atoms with E-state index in [0.29, 0.717) is 0 Å². The smallest absolute Gasteiger partial charge is 0.00923 e. The van der Waals surface area contributed by atoms with Gasteiger partial charge in [0.15, 0.2) is 0 Å². The molecule has 0 aromatic rings. The number of hydrogen-bond donors (Lipinski definition) is 1. The van der Waals surface area contributed by atoms with Gasteiger partial charge in [0.1, 0.15) is 0 Å². The van der Waals surface area contributed by atoms with Gasteiger partial charge in [0.25, 0.3) is 0 Å². The van der Waals surface area contributed by atoms with Gasteiger partial charge in [0, 0.05) is 6.04 Å². The van der Waals surface area contributed by atoms with Crippen molar-refractivity contribution in [2.75, 3.05) is 7.05 Å². The minimum Gasteiger partial charge on any atom is -0.317 e. The molecule has 1 nitrogen and oxygen atoms in total. The second-order valence-corrected chi connectivity index (χ2v) is 3.73. The van der Waals surface area contributed by atoms with Crippen LogP contribution in [0.25, 0.3) is 0 Å². The molecule has 0 amide bonds. The molecule has 1 fully saturated rings. The Labute approximate surface area is 70.6 Å². The third-order valence-corrected chi connectivity index (χ3v) is 2.94. The van der Waals surface area contributed by atoms with E-state index < -0.39 is 0 Å². The summed E-state index contributed by atoms with van der Waals surface area (Å²) in [6.07, 6.45) is 8.53. The van der Waals surface area contributed by atoms with Crippen molar-refractivity contribution in [3.8, 4) is 0 Å². The molecule has 66 valence electrons. The summed E-state index contributed by atoms with van der Waals surface area (Å²) in [4.78, 5) is 0. The van der Waals surface area contributed by atoms with Crippen LogP contribution in [0.4, 0.5) is 0 Å². The lowest BCUT2D eigenvalue weighted by molar-refractivity contribution is 0.258. The van der Waals surface area contributed by atoms with E-state index in [9.17, 15) is 0 Å². The lowest BCUT2D eigenvalue weighted by Crippen LogP contribution is -2.35. The van der Waals surface area contributed by atoms with Crippen LogP contribution in [0.5, 0.6) is 0 Å². The number of nitrogens with one attached hydrogen (secondary N) is 1. The van der Waals surface area contributed by atoms with Crippen LogP contribution in [0.3, 0.4) is 0 Å². The molecular weight excluding hydrogens is 134 g/mol. The van der Waals surface area contributed by atoms with E-state index in [2.05, 4.69) is 19.3 Å². The van der Waals surface area contributed by atoms with E-state index in [0.717, 1.165) is 12.0 Å². The monoisotopic (exact) mass is 155 g/mol. The van der Waals surface area contributed by atoms with Crippen molar-refractivity contribution in [3.05, 3.63) is 0 Å². The van der Waals surface area contributed by atoms with E-state index in [1.165, 1.54) is 38.5 Å². The highest BCUT2D eigenvalue weighted by molar-refractivity contribution is 4.79. The minimum absolute atomic E-state index is 0.823. The van der Waals surface area contributed by atoms with Gasteiger partial charge in [-0.05, 0) is 32.2 Å². The van der Waals surface area contributed by atoms with Gasteiger partial charge in [-0.3, -0.25) is 0 Å². The maximum absolute atomic E-state index is 3.44. The molecule has 0 bridgehead atoms. The first-order valence-electron chi connectivity index (χ1n) is 5.05. The highest BCUT2D eigenvalue weighted by Gasteiger charge is 2.22. The SMILES string of the molecule is CCCC1CCCCC1NC. The maximum atomic E-state index is 3.44. The Morgan fingerprint density at radius 2 is 2.00 bits per heavy atom. The van der Waals surface area contributed by atoms with Crippen molar-refractivity contribution >= 4 is 0 Å². The molecule has 1 aliphatic rings. The maximum Gasteiger partial charge on any atom is 0.00923 e. The zero-order chi connectivity index (χ0) is 8.10. The van der Waals surface area contributed by atoms with Crippen LogP contribution in [0.2, 0.25) is 0 Å². The van der Waals surface area contributed by atoms with Gasteiger partial charge in [-0.1, -0.05) is 26.2 Å². The quantitative estimate of drug-likeness (QED) is 0.660.